The maximum atomic E-state index is 12.2. The monoisotopic (exact) mass is 392 g/mol. The van der Waals surface area contributed by atoms with Gasteiger partial charge in [-0.1, -0.05) is 0 Å². The molecule has 1 saturated heterocycles. The number of anilines is 2. The smallest absolute Gasteiger partial charge is 0.410 e. The van der Waals surface area contributed by atoms with Crippen LogP contribution in [-0.4, -0.2) is 67.2 Å². The van der Waals surface area contributed by atoms with Gasteiger partial charge in [0.25, 0.3) is 0 Å². The van der Waals surface area contributed by atoms with Crippen LogP contribution < -0.4 is 15.8 Å². The van der Waals surface area contributed by atoms with E-state index in [9.17, 15) is 9.59 Å². The molecule has 0 aliphatic carbocycles. The van der Waals surface area contributed by atoms with Gasteiger partial charge in [-0.2, -0.15) is 0 Å². The van der Waals surface area contributed by atoms with Crippen LogP contribution in [0.15, 0.2) is 18.2 Å². The quantitative estimate of drug-likeness (QED) is 0.722. The van der Waals surface area contributed by atoms with Crippen molar-refractivity contribution in [2.24, 2.45) is 0 Å². The minimum absolute atomic E-state index is 0.0598. The second-order valence-corrected chi connectivity index (χ2v) is 7.92. The van der Waals surface area contributed by atoms with Crippen LogP contribution in [0.25, 0.3) is 0 Å². The Hall–Kier alpha value is -2.48. The molecule has 0 atom stereocenters. The van der Waals surface area contributed by atoms with Gasteiger partial charge in [-0.05, 0) is 45.9 Å². The lowest BCUT2D eigenvalue weighted by molar-refractivity contribution is -0.116. The molecule has 1 aliphatic heterocycles. The SMILES string of the molecule is COc1cc(N)ccc1NC(=O)CCCN1CCN(C(=O)OC(C)(C)C)CC1. The van der Waals surface area contributed by atoms with Crippen LogP contribution in [0.1, 0.15) is 33.6 Å². The summed E-state index contributed by atoms with van der Waals surface area (Å²) in [4.78, 5) is 28.3. The number of hydrogen-bond acceptors (Lipinski definition) is 6. The Bertz CT molecular complexity index is 679. The number of amides is 2. The summed E-state index contributed by atoms with van der Waals surface area (Å²) in [6.07, 6.45) is 0.902. The molecule has 0 saturated carbocycles. The van der Waals surface area contributed by atoms with E-state index in [0.717, 1.165) is 26.1 Å². The maximum absolute atomic E-state index is 12.2. The van der Waals surface area contributed by atoms with E-state index in [4.69, 9.17) is 15.2 Å². The maximum Gasteiger partial charge on any atom is 0.410 e. The molecule has 3 N–H and O–H groups in total. The molecule has 1 heterocycles. The number of methoxy groups -OCH3 is 1. The first-order valence-electron chi connectivity index (χ1n) is 9.61. The molecule has 156 valence electrons. The highest BCUT2D eigenvalue weighted by Crippen LogP contribution is 2.26. The molecular formula is C20H32N4O4. The summed E-state index contributed by atoms with van der Waals surface area (Å²) in [7, 11) is 1.54. The minimum atomic E-state index is -0.477. The van der Waals surface area contributed by atoms with Crippen molar-refractivity contribution in [2.45, 2.75) is 39.2 Å². The van der Waals surface area contributed by atoms with E-state index < -0.39 is 5.60 Å². The van der Waals surface area contributed by atoms with Crippen molar-refractivity contribution < 1.29 is 19.1 Å². The van der Waals surface area contributed by atoms with Gasteiger partial charge in [0, 0.05) is 44.4 Å². The van der Waals surface area contributed by atoms with E-state index >= 15 is 0 Å². The number of hydrogen-bond donors (Lipinski definition) is 2. The van der Waals surface area contributed by atoms with Crippen molar-refractivity contribution in [3.63, 3.8) is 0 Å². The Labute approximate surface area is 166 Å². The Morgan fingerprint density at radius 3 is 2.46 bits per heavy atom. The van der Waals surface area contributed by atoms with Crippen molar-refractivity contribution in [2.75, 3.05) is 50.9 Å². The molecule has 0 spiro atoms. The Morgan fingerprint density at radius 1 is 1.18 bits per heavy atom. The van der Waals surface area contributed by atoms with Gasteiger partial charge in [-0.3, -0.25) is 9.69 Å². The third kappa shape index (κ3) is 6.92. The second kappa shape index (κ2) is 9.64. The van der Waals surface area contributed by atoms with E-state index in [1.54, 1.807) is 30.2 Å². The standard InChI is InChI=1S/C20H32N4O4/c1-20(2,3)28-19(26)24-12-10-23(11-13-24)9-5-6-18(25)22-16-8-7-15(21)14-17(16)27-4/h7-8,14H,5-6,9-13,21H2,1-4H3,(H,22,25). The molecular weight excluding hydrogens is 360 g/mol. The third-order valence-electron chi connectivity index (χ3n) is 4.40. The van der Waals surface area contributed by atoms with Gasteiger partial charge < -0.3 is 25.4 Å². The first kappa shape index (κ1) is 21.8. The molecule has 8 nitrogen and oxygen atoms in total. The molecule has 0 unspecified atom stereocenters. The molecule has 0 bridgehead atoms. The number of piperazine rings is 1. The molecule has 1 aromatic rings. The van der Waals surface area contributed by atoms with E-state index in [-0.39, 0.29) is 12.0 Å². The highest BCUT2D eigenvalue weighted by atomic mass is 16.6. The molecule has 1 aliphatic rings. The van der Waals surface area contributed by atoms with Gasteiger partial charge >= 0.3 is 6.09 Å². The molecule has 28 heavy (non-hydrogen) atoms. The summed E-state index contributed by atoms with van der Waals surface area (Å²) in [6, 6.07) is 5.14. The lowest BCUT2D eigenvalue weighted by atomic mass is 10.2. The molecule has 0 aromatic heterocycles. The summed E-state index contributed by atoms with van der Waals surface area (Å²) in [5, 5.41) is 2.86. The van der Waals surface area contributed by atoms with Crippen LogP contribution in [0.5, 0.6) is 5.75 Å². The average molecular weight is 393 g/mol. The molecule has 1 aromatic carbocycles. The fourth-order valence-corrected chi connectivity index (χ4v) is 2.97. The lowest BCUT2D eigenvalue weighted by Crippen LogP contribution is -2.50. The fourth-order valence-electron chi connectivity index (χ4n) is 2.97. The molecule has 2 rings (SSSR count). The number of nitrogens with zero attached hydrogens (tertiary/aromatic N) is 2. The predicted molar refractivity (Wildman–Crippen MR) is 110 cm³/mol. The molecule has 1 fully saturated rings. The summed E-state index contributed by atoms with van der Waals surface area (Å²) in [5.74, 6) is 0.488. The van der Waals surface area contributed by atoms with Crippen LogP contribution in [0.2, 0.25) is 0 Å². The topological polar surface area (TPSA) is 97.1 Å². The summed E-state index contributed by atoms with van der Waals surface area (Å²) < 4.78 is 10.6. The number of nitrogens with one attached hydrogen (secondary N) is 1. The predicted octanol–water partition coefficient (Wildman–Crippen LogP) is 2.55. The van der Waals surface area contributed by atoms with E-state index in [0.29, 0.717) is 36.6 Å². The largest absolute Gasteiger partial charge is 0.494 e. The highest BCUT2D eigenvalue weighted by molar-refractivity contribution is 5.92. The normalized spacial score (nSPS) is 15.2. The van der Waals surface area contributed by atoms with Crippen molar-refractivity contribution in [3.05, 3.63) is 18.2 Å². The number of carbonyl (C=O) groups is 2. The number of nitrogen functional groups attached to an aromatic ring is 1. The number of rotatable bonds is 6. The fraction of sp³-hybridized carbons (Fsp3) is 0.600. The van der Waals surface area contributed by atoms with E-state index in [1.807, 2.05) is 20.8 Å². The summed E-state index contributed by atoms with van der Waals surface area (Å²) in [5.41, 5.74) is 6.45. The summed E-state index contributed by atoms with van der Waals surface area (Å²) >= 11 is 0. The number of ether oxygens (including phenoxy) is 2. The lowest BCUT2D eigenvalue weighted by Gasteiger charge is -2.35. The molecule has 8 heteroatoms. The van der Waals surface area contributed by atoms with Gasteiger partial charge in [0.2, 0.25) is 5.91 Å². The van der Waals surface area contributed by atoms with Gasteiger partial charge in [0.15, 0.2) is 0 Å². The van der Waals surface area contributed by atoms with Gasteiger partial charge in [0.1, 0.15) is 11.4 Å². The number of nitrogens with two attached hydrogens (primary N) is 1. The van der Waals surface area contributed by atoms with Crippen LogP contribution >= 0.6 is 0 Å². The van der Waals surface area contributed by atoms with Gasteiger partial charge in [0.05, 0.1) is 12.8 Å². The average Bonchev–Trinajstić information content (AvgIpc) is 2.62. The van der Waals surface area contributed by atoms with Crippen LogP contribution in [0.4, 0.5) is 16.2 Å². The Kier molecular flexibility index (Phi) is 7.51. The van der Waals surface area contributed by atoms with Crippen LogP contribution in [0.3, 0.4) is 0 Å². The van der Waals surface area contributed by atoms with E-state index in [2.05, 4.69) is 10.2 Å². The van der Waals surface area contributed by atoms with Crippen LogP contribution in [0, 0.1) is 0 Å². The zero-order valence-corrected chi connectivity index (χ0v) is 17.3. The minimum Gasteiger partial charge on any atom is -0.494 e. The highest BCUT2D eigenvalue weighted by Gasteiger charge is 2.25. The van der Waals surface area contributed by atoms with Crippen LogP contribution in [-0.2, 0) is 9.53 Å². The zero-order chi connectivity index (χ0) is 20.7. The number of carbonyl (C=O) groups excluding carboxylic acids is 2. The Balaban J connectivity index is 1.69. The van der Waals surface area contributed by atoms with Crippen molar-refractivity contribution >= 4 is 23.4 Å². The molecule has 2 amide bonds. The Morgan fingerprint density at radius 2 is 1.86 bits per heavy atom. The zero-order valence-electron chi connectivity index (χ0n) is 17.3. The van der Waals surface area contributed by atoms with E-state index in [1.165, 1.54) is 0 Å². The van der Waals surface area contributed by atoms with Crippen molar-refractivity contribution in [3.8, 4) is 5.75 Å². The first-order valence-corrected chi connectivity index (χ1v) is 9.61. The van der Waals surface area contributed by atoms with Gasteiger partial charge in [-0.25, -0.2) is 4.79 Å². The van der Waals surface area contributed by atoms with Crippen molar-refractivity contribution in [1.82, 2.24) is 9.80 Å². The third-order valence-corrected chi connectivity index (χ3v) is 4.40. The number of benzene rings is 1. The first-order chi connectivity index (χ1) is 13.2. The second-order valence-electron chi connectivity index (χ2n) is 7.92. The molecule has 0 radical (unpaired) electrons. The summed E-state index contributed by atoms with van der Waals surface area (Å²) in [6.45, 7) is 9.27. The van der Waals surface area contributed by atoms with Gasteiger partial charge in [-0.15, -0.1) is 0 Å². The van der Waals surface area contributed by atoms with Crippen molar-refractivity contribution in [1.29, 1.82) is 0 Å².